The van der Waals surface area contributed by atoms with Crippen LogP contribution in [0.15, 0.2) is 0 Å². The average molecular weight is 229 g/mol. The van der Waals surface area contributed by atoms with E-state index in [1.807, 2.05) is 13.8 Å². The zero-order valence-corrected chi connectivity index (χ0v) is 10.3. The first-order valence-corrected chi connectivity index (χ1v) is 5.69. The van der Waals surface area contributed by atoms with Crippen LogP contribution >= 0.6 is 0 Å². The molecule has 0 saturated heterocycles. The lowest BCUT2D eigenvalue weighted by Crippen LogP contribution is -2.44. The molecule has 0 aromatic heterocycles. The lowest BCUT2D eigenvalue weighted by Gasteiger charge is -2.15. The predicted octanol–water partition coefficient (Wildman–Crippen LogP) is 0.130. The van der Waals surface area contributed by atoms with Gasteiger partial charge < -0.3 is 16.8 Å². The van der Waals surface area contributed by atoms with Gasteiger partial charge in [-0.2, -0.15) is 0 Å². The van der Waals surface area contributed by atoms with E-state index in [0.29, 0.717) is 0 Å². The molecule has 94 valence electrons. The predicted molar refractivity (Wildman–Crippen MR) is 63.5 cm³/mol. The summed E-state index contributed by atoms with van der Waals surface area (Å²) in [5.41, 5.74) is 10.7. The van der Waals surface area contributed by atoms with Gasteiger partial charge in [0.1, 0.15) is 6.04 Å². The first kappa shape index (κ1) is 14.9. The van der Waals surface area contributed by atoms with E-state index < -0.39 is 11.9 Å². The van der Waals surface area contributed by atoms with Crippen molar-refractivity contribution in [1.29, 1.82) is 0 Å². The van der Waals surface area contributed by atoms with Crippen LogP contribution < -0.4 is 16.8 Å². The van der Waals surface area contributed by atoms with E-state index in [-0.39, 0.29) is 17.9 Å². The summed E-state index contributed by atoms with van der Waals surface area (Å²) >= 11 is 0. The van der Waals surface area contributed by atoms with Crippen LogP contribution in [0, 0.1) is 5.92 Å². The minimum Gasteiger partial charge on any atom is -0.368 e. The Kier molecular flexibility index (Phi) is 6.72. The van der Waals surface area contributed by atoms with Crippen LogP contribution in [0.5, 0.6) is 0 Å². The van der Waals surface area contributed by atoms with Gasteiger partial charge in [0.05, 0.1) is 0 Å². The van der Waals surface area contributed by atoms with Crippen LogP contribution in [0.1, 0.15) is 40.0 Å². The van der Waals surface area contributed by atoms with E-state index in [9.17, 15) is 9.59 Å². The lowest BCUT2D eigenvalue weighted by atomic mass is 10.0. The van der Waals surface area contributed by atoms with Crippen molar-refractivity contribution in [1.82, 2.24) is 5.32 Å². The third-order valence-corrected chi connectivity index (χ3v) is 2.53. The fourth-order valence-corrected chi connectivity index (χ4v) is 1.30. The monoisotopic (exact) mass is 229 g/mol. The number of hydrogen-bond acceptors (Lipinski definition) is 3. The maximum atomic E-state index is 11.6. The number of rotatable bonds is 7. The van der Waals surface area contributed by atoms with Crippen molar-refractivity contribution in [2.24, 2.45) is 17.4 Å². The van der Waals surface area contributed by atoms with Gasteiger partial charge in [-0.3, -0.25) is 9.59 Å². The van der Waals surface area contributed by atoms with E-state index in [1.165, 1.54) is 0 Å². The Labute approximate surface area is 96.9 Å². The molecule has 0 bridgehead atoms. The summed E-state index contributed by atoms with van der Waals surface area (Å²) in [6.45, 7) is 5.36. The van der Waals surface area contributed by atoms with Gasteiger partial charge in [-0.1, -0.05) is 13.3 Å². The molecule has 0 aliphatic rings. The summed E-state index contributed by atoms with van der Waals surface area (Å²) in [5.74, 6) is -0.757. The van der Waals surface area contributed by atoms with Crippen molar-refractivity contribution >= 4 is 11.8 Å². The topological polar surface area (TPSA) is 98.2 Å². The Morgan fingerprint density at radius 1 is 1.19 bits per heavy atom. The van der Waals surface area contributed by atoms with Gasteiger partial charge >= 0.3 is 0 Å². The second-order valence-electron chi connectivity index (χ2n) is 4.44. The molecule has 0 radical (unpaired) electrons. The zero-order valence-electron chi connectivity index (χ0n) is 10.3. The van der Waals surface area contributed by atoms with Crippen LogP contribution in [-0.2, 0) is 9.59 Å². The summed E-state index contributed by atoms with van der Waals surface area (Å²) in [6, 6.07) is -0.441. The third-order valence-electron chi connectivity index (χ3n) is 2.53. The molecule has 16 heavy (non-hydrogen) atoms. The average Bonchev–Trinajstić information content (AvgIpc) is 2.16. The molecule has 0 heterocycles. The first-order valence-electron chi connectivity index (χ1n) is 5.69. The molecule has 0 saturated carbocycles. The maximum absolute atomic E-state index is 11.6. The molecule has 0 aliphatic heterocycles. The molecule has 0 rings (SSSR count). The molecule has 0 aliphatic carbocycles. The Morgan fingerprint density at radius 3 is 2.19 bits per heavy atom. The molecule has 0 fully saturated rings. The fourth-order valence-electron chi connectivity index (χ4n) is 1.30. The van der Waals surface area contributed by atoms with Crippen molar-refractivity contribution in [3.8, 4) is 0 Å². The van der Waals surface area contributed by atoms with Crippen LogP contribution in [0.4, 0.5) is 0 Å². The summed E-state index contributed by atoms with van der Waals surface area (Å²) in [4.78, 5) is 22.3. The van der Waals surface area contributed by atoms with Crippen molar-refractivity contribution < 1.29 is 9.59 Å². The highest BCUT2D eigenvalue weighted by Gasteiger charge is 2.17. The molecule has 0 spiro atoms. The van der Waals surface area contributed by atoms with Crippen LogP contribution in [0.25, 0.3) is 0 Å². The SMILES string of the molecule is CC(N)CCCC(C)C(=O)NC(C)C(N)=O. The van der Waals surface area contributed by atoms with Gasteiger partial charge in [0, 0.05) is 12.0 Å². The normalized spacial score (nSPS) is 16.2. The zero-order chi connectivity index (χ0) is 12.7. The Hall–Kier alpha value is -1.10. The van der Waals surface area contributed by atoms with Gasteiger partial charge in [0.15, 0.2) is 0 Å². The van der Waals surface area contributed by atoms with Gasteiger partial charge in [-0.05, 0) is 26.7 Å². The van der Waals surface area contributed by atoms with Crippen molar-refractivity contribution in [2.75, 3.05) is 0 Å². The Morgan fingerprint density at radius 2 is 1.75 bits per heavy atom. The molecule has 2 amide bonds. The molecule has 3 unspecified atom stereocenters. The number of primary amides is 1. The van der Waals surface area contributed by atoms with Gasteiger partial charge in [0.2, 0.25) is 11.8 Å². The van der Waals surface area contributed by atoms with Gasteiger partial charge in [-0.15, -0.1) is 0 Å². The summed E-state index contributed by atoms with van der Waals surface area (Å²) < 4.78 is 0. The second kappa shape index (κ2) is 7.22. The van der Waals surface area contributed by atoms with Gasteiger partial charge in [-0.25, -0.2) is 0 Å². The van der Waals surface area contributed by atoms with Crippen LogP contribution in [0.2, 0.25) is 0 Å². The van der Waals surface area contributed by atoms with E-state index in [2.05, 4.69) is 5.32 Å². The molecule has 5 heteroatoms. The molecule has 5 N–H and O–H groups in total. The maximum Gasteiger partial charge on any atom is 0.239 e. The highest BCUT2D eigenvalue weighted by atomic mass is 16.2. The molecular formula is C11H23N3O2. The number of hydrogen-bond donors (Lipinski definition) is 3. The number of carbonyl (C=O) groups is 2. The molecule has 0 aromatic carbocycles. The summed E-state index contributed by atoms with van der Waals surface area (Å²) in [6.07, 6.45) is 2.60. The summed E-state index contributed by atoms with van der Waals surface area (Å²) in [5, 5.41) is 2.57. The highest BCUT2D eigenvalue weighted by Crippen LogP contribution is 2.09. The minimum absolute atomic E-state index is 0.111. The van der Waals surface area contributed by atoms with Gasteiger partial charge in [0.25, 0.3) is 0 Å². The minimum atomic E-state index is -0.608. The third kappa shape index (κ3) is 6.40. The number of amides is 2. The number of nitrogens with one attached hydrogen (secondary N) is 1. The number of carbonyl (C=O) groups excluding carboxylic acids is 2. The largest absolute Gasteiger partial charge is 0.368 e. The number of nitrogens with two attached hydrogens (primary N) is 2. The van der Waals surface area contributed by atoms with Crippen molar-refractivity contribution in [2.45, 2.75) is 52.1 Å². The molecule has 3 atom stereocenters. The van der Waals surface area contributed by atoms with E-state index in [1.54, 1.807) is 6.92 Å². The van der Waals surface area contributed by atoms with E-state index >= 15 is 0 Å². The Bertz CT molecular complexity index is 241. The van der Waals surface area contributed by atoms with Crippen LogP contribution in [-0.4, -0.2) is 23.9 Å². The fraction of sp³-hybridized carbons (Fsp3) is 0.818. The summed E-state index contributed by atoms with van der Waals surface area (Å²) in [7, 11) is 0. The van der Waals surface area contributed by atoms with E-state index in [4.69, 9.17) is 11.5 Å². The molecule has 0 aromatic rings. The van der Waals surface area contributed by atoms with Crippen molar-refractivity contribution in [3.05, 3.63) is 0 Å². The van der Waals surface area contributed by atoms with Crippen molar-refractivity contribution in [3.63, 3.8) is 0 Å². The van der Waals surface area contributed by atoms with E-state index in [0.717, 1.165) is 19.3 Å². The quantitative estimate of drug-likeness (QED) is 0.578. The lowest BCUT2D eigenvalue weighted by molar-refractivity contribution is -0.129. The smallest absolute Gasteiger partial charge is 0.239 e. The van der Waals surface area contributed by atoms with Crippen LogP contribution in [0.3, 0.4) is 0 Å². The first-order chi connectivity index (χ1) is 7.34. The standard InChI is InChI=1S/C11H23N3O2/c1-7(5-4-6-8(2)12)11(16)14-9(3)10(13)15/h7-9H,4-6,12H2,1-3H3,(H2,13,15)(H,14,16). The molecular weight excluding hydrogens is 206 g/mol. The Balaban J connectivity index is 3.86. The molecule has 5 nitrogen and oxygen atoms in total. The highest BCUT2D eigenvalue weighted by molar-refractivity contribution is 5.87. The second-order valence-corrected chi connectivity index (χ2v) is 4.44.